The highest BCUT2D eigenvalue weighted by Crippen LogP contribution is 2.39. The molecule has 3 aromatic rings. The summed E-state index contributed by atoms with van der Waals surface area (Å²) in [5, 5.41) is 0. The summed E-state index contributed by atoms with van der Waals surface area (Å²) in [6, 6.07) is 16.4. The fourth-order valence-electron chi connectivity index (χ4n) is 3.07. The summed E-state index contributed by atoms with van der Waals surface area (Å²) in [5.74, 6) is -0.768. The third kappa shape index (κ3) is 9.43. The molecule has 210 valence electrons. The molecule has 0 amide bonds. The summed E-state index contributed by atoms with van der Waals surface area (Å²) in [6.45, 7) is 5.83. The predicted molar refractivity (Wildman–Crippen MR) is 137 cm³/mol. The van der Waals surface area contributed by atoms with E-state index in [0.29, 0.717) is 22.6 Å². The van der Waals surface area contributed by atoms with Crippen molar-refractivity contribution < 1.29 is 51.2 Å². The fraction of sp³-hybridized carbons (Fsp3) is 0.172. The Bertz CT molecular complexity index is 1300. The van der Waals surface area contributed by atoms with Crippen molar-refractivity contribution in [3.8, 4) is 23.0 Å². The lowest BCUT2D eigenvalue weighted by molar-refractivity contribution is -0.145. The van der Waals surface area contributed by atoms with Gasteiger partial charge in [-0.05, 0) is 53.6 Å². The van der Waals surface area contributed by atoms with Crippen LogP contribution in [0.4, 0.5) is 13.2 Å². The fourth-order valence-corrected chi connectivity index (χ4v) is 3.07. The highest BCUT2D eigenvalue weighted by molar-refractivity contribution is 5.81. The zero-order chi connectivity index (χ0) is 29.0. The number of hydrogen-bond donors (Lipinski definition) is 0. The molecule has 8 nitrogen and oxygen atoms in total. The molecule has 0 unspecified atom stereocenters. The molecule has 11 heteroatoms. The second kappa shape index (κ2) is 14.3. The van der Waals surface area contributed by atoms with E-state index >= 15 is 0 Å². The highest BCUT2D eigenvalue weighted by atomic mass is 19.4. The molecule has 0 atom stereocenters. The highest BCUT2D eigenvalue weighted by Gasteiger charge is 2.35. The van der Waals surface area contributed by atoms with Gasteiger partial charge in [-0.25, -0.2) is 9.59 Å². The third-order valence-electron chi connectivity index (χ3n) is 5.09. The molecule has 3 aromatic carbocycles. The lowest BCUT2D eigenvalue weighted by Crippen LogP contribution is -2.10. The molecule has 0 bridgehead atoms. The van der Waals surface area contributed by atoms with Crippen molar-refractivity contribution in [2.24, 2.45) is 0 Å². The SMILES string of the molecule is C=CC(=O)OCOc1ccc(COc2ccc(OCc3ccc(OCOC(=O)C=C)cc3)c(C(F)(F)F)c2)cc1. The maximum absolute atomic E-state index is 13.7. The average Bonchev–Trinajstić information content (AvgIpc) is 2.95. The molecule has 0 fully saturated rings. The number of carbonyl (C=O) groups is 2. The molecule has 40 heavy (non-hydrogen) atoms. The third-order valence-corrected chi connectivity index (χ3v) is 5.09. The molecule has 0 saturated heterocycles. The first kappa shape index (κ1) is 29.6. The van der Waals surface area contributed by atoms with Gasteiger partial charge in [0.1, 0.15) is 41.8 Å². The van der Waals surface area contributed by atoms with E-state index in [1.54, 1.807) is 48.5 Å². The Hall–Kier alpha value is -4.93. The lowest BCUT2D eigenvalue weighted by atomic mass is 10.1. The topological polar surface area (TPSA) is 89.5 Å². The molecular formula is C29H25F3O8. The summed E-state index contributed by atoms with van der Waals surface area (Å²) >= 11 is 0. The van der Waals surface area contributed by atoms with Crippen LogP contribution in [-0.2, 0) is 38.5 Å². The molecule has 0 radical (unpaired) electrons. The molecule has 0 aliphatic heterocycles. The standard InChI is InChI=1S/C29H25F3O8/c1-3-27(33)39-18-37-22-9-5-20(6-10-22)16-35-24-13-14-26(25(15-24)29(30,31)32)36-17-21-7-11-23(12-8-21)38-19-40-28(34)4-2/h3-15H,1-2,16-19H2. The predicted octanol–water partition coefficient (Wildman–Crippen LogP) is 5.99. The average molecular weight is 559 g/mol. The van der Waals surface area contributed by atoms with Crippen molar-refractivity contribution in [2.45, 2.75) is 19.4 Å². The van der Waals surface area contributed by atoms with Gasteiger partial charge in [0.2, 0.25) is 13.6 Å². The number of carbonyl (C=O) groups excluding carboxylic acids is 2. The number of rotatable bonds is 14. The van der Waals surface area contributed by atoms with E-state index in [1.807, 2.05) is 0 Å². The second-order valence-electron chi connectivity index (χ2n) is 7.88. The van der Waals surface area contributed by atoms with Gasteiger partial charge < -0.3 is 28.4 Å². The van der Waals surface area contributed by atoms with Gasteiger partial charge in [-0.15, -0.1) is 0 Å². The van der Waals surface area contributed by atoms with Crippen LogP contribution in [0, 0.1) is 0 Å². The van der Waals surface area contributed by atoms with Gasteiger partial charge in [-0.3, -0.25) is 0 Å². The van der Waals surface area contributed by atoms with Crippen molar-refractivity contribution in [2.75, 3.05) is 13.6 Å². The van der Waals surface area contributed by atoms with E-state index < -0.39 is 23.7 Å². The number of hydrogen-bond acceptors (Lipinski definition) is 8. The van der Waals surface area contributed by atoms with Crippen molar-refractivity contribution in [1.82, 2.24) is 0 Å². The molecule has 3 rings (SSSR count). The van der Waals surface area contributed by atoms with E-state index in [0.717, 1.165) is 18.2 Å². The van der Waals surface area contributed by atoms with Gasteiger partial charge in [0.15, 0.2) is 0 Å². The van der Waals surface area contributed by atoms with Crippen LogP contribution in [0.15, 0.2) is 92.0 Å². The molecule has 0 aromatic heterocycles. The Balaban J connectivity index is 1.55. The van der Waals surface area contributed by atoms with Crippen LogP contribution in [0.25, 0.3) is 0 Å². The smallest absolute Gasteiger partial charge is 0.420 e. The van der Waals surface area contributed by atoms with Gasteiger partial charge in [0.05, 0.1) is 0 Å². The molecule has 0 saturated carbocycles. The van der Waals surface area contributed by atoms with Crippen molar-refractivity contribution >= 4 is 11.9 Å². The maximum atomic E-state index is 13.7. The number of alkyl halides is 3. The normalized spacial score (nSPS) is 10.7. The zero-order valence-electron chi connectivity index (χ0n) is 21.1. The molecule has 0 spiro atoms. The largest absolute Gasteiger partial charge is 0.489 e. The van der Waals surface area contributed by atoms with Crippen molar-refractivity contribution in [1.29, 1.82) is 0 Å². The second-order valence-corrected chi connectivity index (χ2v) is 7.88. The lowest BCUT2D eigenvalue weighted by Gasteiger charge is -2.16. The van der Waals surface area contributed by atoms with E-state index in [1.165, 1.54) is 12.1 Å². The van der Waals surface area contributed by atoms with Gasteiger partial charge in [0.25, 0.3) is 0 Å². The zero-order valence-corrected chi connectivity index (χ0v) is 21.1. The number of ether oxygens (including phenoxy) is 6. The van der Waals surface area contributed by atoms with Crippen LogP contribution >= 0.6 is 0 Å². The van der Waals surface area contributed by atoms with E-state index in [9.17, 15) is 22.8 Å². The molecule has 0 heterocycles. The first-order valence-corrected chi connectivity index (χ1v) is 11.7. The number of halogens is 3. The Labute approximate surface area is 228 Å². The summed E-state index contributed by atoms with van der Waals surface area (Å²) in [5.41, 5.74) is 0.289. The summed E-state index contributed by atoms with van der Waals surface area (Å²) in [4.78, 5) is 22.0. The molecular weight excluding hydrogens is 533 g/mol. The van der Waals surface area contributed by atoms with E-state index in [4.69, 9.17) is 28.4 Å². The first-order valence-electron chi connectivity index (χ1n) is 11.7. The molecule has 0 N–H and O–H groups in total. The number of benzene rings is 3. The summed E-state index contributed by atoms with van der Waals surface area (Å²) in [6.07, 6.45) is -2.66. The molecule has 0 aliphatic carbocycles. The van der Waals surface area contributed by atoms with Crippen molar-refractivity contribution in [3.05, 3.63) is 109 Å². The monoisotopic (exact) mass is 558 g/mol. The minimum absolute atomic E-state index is 0.00441. The van der Waals surface area contributed by atoms with Gasteiger partial charge in [0, 0.05) is 12.2 Å². The van der Waals surface area contributed by atoms with Crippen LogP contribution in [0.1, 0.15) is 16.7 Å². The van der Waals surface area contributed by atoms with Gasteiger partial charge in [-0.1, -0.05) is 37.4 Å². The summed E-state index contributed by atoms with van der Waals surface area (Å²) in [7, 11) is 0. The van der Waals surface area contributed by atoms with Crippen LogP contribution in [0.2, 0.25) is 0 Å². The van der Waals surface area contributed by atoms with Gasteiger partial charge in [-0.2, -0.15) is 13.2 Å². The Morgan fingerprint density at radius 1 is 0.650 bits per heavy atom. The molecule has 0 aliphatic rings. The van der Waals surface area contributed by atoms with Crippen LogP contribution in [-0.4, -0.2) is 25.5 Å². The van der Waals surface area contributed by atoms with Crippen LogP contribution < -0.4 is 18.9 Å². The van der Waals surface area contributed by atoms with Crippen LogP contribution in [0.5, 0.6) is 23.0 Å². The Morgan fingerprint density at radius 3 is 1.55 bits per heavy atom. The Morgan fingerprint density at radius 2 is 1.10 bits per heavy atom. The summed E-state index contributed by atoms with van der Waals surface area (Å²) < 4.78 is 72.2. The minimum atomic E-state index is -4.68. The Kier molecular flexibility index (Phi) is 10.6. The maximum Gasteiger partial charge on any atom is 0.420 e. The van der Waals surface area contributed by atoms with Crippen LogP contribution in [0.3, 0.4) is 0 Å². The number of esters is 2. The van der Waals surface area contributed by atoms with Crippen molar-refractivity contribution in [3.63, 3.8) is 0 Å². The van der Waals surface area contributed by atoms with Gasteiger partial charge >= 0.3 is 18.1 Å². The van der Waals surface area contributed by atoms with E-state index in [2.05, 4.69) is 13.2 Å². The first-order chi connectivity index (χ1) is 19.2. The van der Waals surface area contributed by atoms with E-state index in [-0.39, 0.29) is 38.3 Å². The quantitative estimate of drug-likeness (QED) is 0.135. The minimum Gasteiger partial charge on any atom is -0.489 e.